The molecule has 0 atom stereocenters. The molecule has 18 heavy (non-hydrogen) atoms. The van der Waals surface area contributed by atoms with Gasteiger partial charge >= 0.3 is 0 Å². The van der Waals surface area contributed by atoms with Crippen molar-refractivity contribution in [3.63, 3.8) is 0 Å². The van der Waals surface area contributed by atoms with Gasteiger partial charge in [-0.05, 0) is 12.5 Å². The highest BCUT2D eigenvalue weighted by Gasteiger charge is 2.09. The zero-order chi connectivity index (χ0) is 12.6. The zero-order valence-corrected chi connectivity index (χ0v) is 10.8. The number of oxime groups is 1. The Bertz CT molecular complexity index is 373. The first kappa shape index (κ1) is 13.1. The summed E-state index contributed by atoms with van der Waals surface area (Å²) in [5.74, 6) is 0. The van der Waals surface area contributed by atoms with E-state index in [0.717, 1.165) is 44.1 Å². The fourth-order valence-electron chi connectivity index (χ4n) is 1.87. The lowest BCUT2D eigenvalue weighted by Crippen LogP contribution is -2.38. The van der Waals surface area contributed by atoms with Crippen LogP contribution in [0.15, 0.2) is 35.5 Å². The fourth-order valence-corrected chi connectivity index (χ4v) is 1.87. The molecule has 1 aliphatic heterocycles. The van der Waals surface area contributed by atoms with E-state index in [4.69, 9.17) is 9.57 Å². The summed E-state index contributed by atoms with van der Waals surface area (Å²) in [4.78, 5) is 7.69. The van der Waals surface area contributed by atoms with Crippen LogP contribution in [0.3, 0.4) is 0 Å². The van der Waals surface area contributed by atoms with Crippen LogP contribution in [0.25, 0.3) is 0 Å². The van der Waals surface area contributed by atoms with Crippen LogP contribution in [-0.2, 0) is 9.57 Å². The number of ether oxygens (including phenoxy) is 1. The molecule has 0 amide bonds. The minimum Gasteiger partial charge on any atom is -0.394 e. The molecule has 0 aliphatic carbocycles. The summed E-state index contributed by atoms with van der Waals surface area (Å²) in [5.41, 5.74) is 2.02. The maximum absolute atomic E-state index is 5.36. The van der Waals surface area contributed by atoms with Crippen molar-refractivity contribution in [2.45, 2.75) is 6.92 Å². The van der Waals surface area contributed by atoms with Gasteiger partial charge in [-0.3, -0.25) is 4.90 Å². The molecular formula is C14H20N2O2. The summed E-state index contributed by atoms with van der Waals surface area (Å²) in [6.45, 7) is 7.14. The van der Waals surface area contributed by atoms with Crippen LogP contribution < -0.4 is 0 Å². The summed E-state index contributed by atoms with van der Waals surface area (Å²) >= 11 is 0. The number of rotatable bonds is 5. The Balaban J connectivity index is 1.70. The van der Waals surface area contributed by atoms with E-state index in [2.05, 4.69) is 10.1 Å². The van der Waals surface area contributed by atoms with Gasteiger partial charge in [0.1, 0.15) is 6.61 Å². The first-order valence-electron chi connectivity index (χ1n) is 6.38. The average Bonchev–Trinajstić information content (AvgIpc) is 2.45. The Kier molecular flexibility index (Phi) is 5.17. The van der Waals surface area contributed by atoms with Gasteiger partial charge in [0.05, 0.1) is 18.9 Å². The van der Waals surface area contributed by atoms with Gasteiger partial charge in [0, 0.05) is 19.6 Å². The molecule has 1 aromatic carbocycles. The molecule has 1 heterocycles. The Morgan fingerprint density at radius 2 is 2.00 bits per heavy atom. The first-order valence-corrected chi connectivity index (χ1v) is 6.38. The van der Waals surface area contributed by atoms with Crippen LogP contribution in [0.5, 0.6) is 0 Å². The van der Waals surface area contributed by atoms with Crippen LogP contribution in [0.4, 0.5) is 0 Å². The van der Waals surface area contributed by atoms with Gasteiger partial charge in [0.15, 0.2) is 0 Å². The standard InChI is InChI=1S/C14H20N2O2/c1-13(14-5-3-2-4-6-14)15-18-12-9-16-7-10-17-11-8-16/h2-6H,7-12H2,1H3. The second-order valence-electron chi connectivity index (χ2n) is 4.33. The molecule has 0 spiro atoms. The quantitative estimate of drug-likeness (QED) is 0.452. The summed E-state index contributed by atoms with van der Waals surface area (Å²) < 4.78 is 5.29. The van der Waals surface area contributed by atoms with Gasteiger partial charge in [-0.15, -0.1) is 0 Å². The lowest BCUT2D eigenvalue weighted by atomic mass is 10.1. The third-order valence-electron chi connectivity index (χ3n) is 3.00. The molecule has 4 nitrogen and oxygen atoms in total. The molecular weight excluding hydrogens is 228 g/mol. The highest BCUT2D eigenvalue weighted by molar-refractivity contribution is 5.98. The SMILES string of the molecule is CC(=NOCCN1CCOCC1)c1ccccc1. The summed E-state index contributed by atoms with van der Waals surface area (Å²) in [5, 5.41) is 4.14. The summed E-state index contributed by atoms with van der Waals surface area (Å²) in [7, 11) is 0. The van der Waals surface area contributed by atoms with Crippen molar-refractivity contribution in [3.8, 4) is 0 Å². The normalized spacial score (nSPS) is 17.7. The maximum atomic E-state index is 5.36. The average molecular weight is 248 g/mol. The molecule has 1 aromatic rings. The van der Waals surface area contributed by atoms with Gasteiger partial charge in [-0.1, -0.05) is 35.5 Å². The van der Waals surface area contributed by atoms with Crippen LogP contribution in [0, 0.1) is 0 Å². The number of nitrogens with zero attached hydrogens (tertiary/aromatic N) is 2. The zero-order valence-electron chi connectivity index (χ0n) is 10.8. The fraction of sp³-hybridized carbons (Fsp3) is 0.500. The summed E-state index contributed by atoms with van der Waals surface area (Å²) in [6, 6.07) is 10.1. The number of hydrogen-bond acceptors (Lipinski definition) is 4. The Hall–Kier alpha value is -1.39. The van der Waals surface area contributed by atoms with Gasteiger partial charge < -0.3 is 9.57 Å². The molecule has 0 radical (unpaired) electrons. The third kappa shape index (κ3) is 4.13. The molecule has 1 aliphatic rings. The largest absolute Gasteiger partial charge is 0.394 e. The molecule has 0 N–H and O–H groups in total. The van der Waals surface area contributed by atoms with Crippen LogP contribution in [0.2, 0.25) is 0 Å². The van der Waals surface area contributed by atoms with Crippen LogP contribution in [-0.4, -0.2) is 50.1 Å². The van der Waals surface area contributed by atoms with E-state index in [1.807, 2.05) is 37.3 Å². The highest BCUT2D eigenvalue weighted by Crippen LogP contribution is 2.01. The Morgan fingerprint density at radius 1 is 1.28 bits per heavy atom. The van der Waals surface area contributed by atoms with Crippen molar-refractivity contribution in [2.24, 2.45) is 5.16 Å². The van der Waals surface area contributed by atoms with Gasteiger partial charge in [-0.25, -0.2) is 0 Å². The van der Waals surface area contributed by atoms with Crippen molar-refractivity contribution in [2.75, 3.05) is 39.5 Å². The second-order valence-corrected chi connectivity index (χ2v) is 4.33. The predicted molar refractivity (Wildman–Crippen MR) is 71.9 cm³/mol. The Labute approximate surface area is 108 Å². The van der Waals surface area contributed by atoms with Gasteiger partial charge in [0.2, 0.25) is 0 Å². The van der Waals surface area contributed by atoms with Crippen LogP contribution in [0.1, 0.15) is 12.5 Å². The smallest absolute Gasteiger partial charge is 0.129 e. The molecule has 2 rings (SSSR count). The number of hydrogen-bond donors (Lipinski definition) is 0. The van der Waals surface area contributed by atoms with E-state index in [1.165, 1.54) is 0 Å². The van der Waals surface area contributed by atoms with Gasteiger partial charge in [-0.2, -0.15) is 0 Å². The molecule has 0 unspecified atom stereocenters. The Morgan fingerprint density at radius 3 is 2.72 bits per heavy atom. The highest BCUT2D eigenvalue weighted by atomic mass is 16.6. The van der Waals surface area contributed by atoms with Crippen molar-refractivity contribution in [1.29, 1.82) is 0 Å². The van der Waals surface area contributed by atoms with E-state index in [0.29, 0.717) is 6.61 Å². The van der Waals surface area contributed by atoms with E-state index in [9.17, 15) is 0 Å². The van der Waals surface area contributed by atoms with Crippen molar-refractivity contribution in [1.82, 2.24) is 4.90 Å². The minimum absolute atomic E-state index is 0.629. The minimum atomic E-state index is 0.629. The van der Waals surface area contributed by atoms with E-state index in [1.54, 1.807) is 0 Å². The third-order valence-corrected chi connectivity index (χ3v) is 3.00. The molecule has 98 valence electrons. The topological polar surface area (TPSA) is 34.1 Å². The number of morpholine rings is 1. The van der Waals surface area contributed by atoms with E-state index < -0.39 is 0 Å². The van der Waals surface area contributed by atoms with Crippen LogP contribution >= 0.6 is 0 Å². The molecule has 4 heteroatoms. The van der Waals surface area contributed by atoms with E-state index in [-0.39, 0.29) is 0 Å². The number of benzene rings is 1. The molecule has 1 saturated heterocycles. The lowest BCUT2D eigenvalue weighted by molar-refractivity contribution is 0.0212. The first-order chi connectivity index (χ1) is 8.86. The molecule has 1 fully saturated rings. The molecule has 0 aromatic heterocycles. The van der Waals surface area contributed by atoms with Crippen molar-refractivity contribution < 1.29 is 9.57 Å². The van der Waals surface area contributed by atoms with Gasteiger partial charge in [0.25, 0.3) is 0 Å². The lowest BCUT2D eigenvalue weighted by Gasteiger charge is -2.25. The van der Waals surface area contributed by atoms with E-state index >= 15 is 0 Å². The summed E-state index contributed by atoms with van der Waals surface area (Å²) in [6.07, 6.45) is 0. The second kappa shape index (κ2) is 7.13. The predicted octanol–water partition coefficient (Wildman–Crippen LogP) is 1.76. The van der Waals surface area contributed by atoms with Crippen molar-refractivity contribution >= 4 is 5.71 Å². The van der Waals surface area contributed by atoms with Crippen molar-refractivity contribution in [3.05, 3.63) is 35.9 Å². The maximum Gasteiger partial charge on any atom is 0.129 e. The molecule has 0 saturated carbocycles. The molecule has 0 bridgehead atoms. The monoisotopic (exact) mass is 248 g/mol.